The van der Waals surface area contributed by atoms with Crippen molar-refractivity contribution < 1.29 is 9.26 Å². The van der Waals surface area contributed by atoms with Gasteiger partial charge in [0.15, 0.2) is 5.82 Å². The van der Waals surface area contributed by atoms with Crippen LogP contribution in [-0.4, -0.2) is 23.4 Å². The van der Waals surface area contributed by atoms with Gasteiger partial charge in [-0.25, -0.2) is 0 Å². The van der Waals surface area contributed by atoms with Crippen LogP contribution in [0.5, 0.6) is 0 Å². The Kier molecular flexibility index (Phi) is 2.60. The summed E-state index contributed by atoms with van der Waals surface area (Å²) in [6.07, 6.45) is 0.956. The Morgan fingerprint density at radius 1 is 1.53 bits per heavy atom. The SMILES string of the molecule is Cc1csc(-c2nc(C3CCOC3)no2)c1N. The number of aryl methyl sites for hydroxylation is 1. The third-order valence-corrected chi connectivity index (χ3v) is 4.06. The van der Waals surface area contributed by atoms with Crippen LogP contribution in [0.2, 0.25) is 0 Å². The Labute approximate surface area is 103 Å². The number of hydrogen-bond acceptors (Lipinski definition) is 6. The number of ether oxygens (including phenoxy) is 1. The summed E-state index contributed by atoms with van der Waals surface area (Å²) in [6, 6.07) is 0. The third-order valence-electron chi connectivity index (χ3n) is 2.95. The second-order valence-corrected chi connectivity index (χ2v) is 5.06. The third kappa shape index (κ3) is 1.83. The predicted octanol–water partition coefficient (Wildman–Crippen LogP) is 2.19. The van der Waals surface area contributed by atoms with Gasteiger partial charge >= 0.3 is 0 Å². The first-order valence-electron chi connectivity index (χ1n) is 5.51. The normalized spacial score (nSPS) is 19.9. The maximum Gasteiger partial charge on any atom is 0.270 e. The molecule has 0 aromatic carbocycles. The number of nitrogens with two attached hydrogens (primary N) is 1. The first-order valence-corrected chi connectivity index (χ1v) is 6.39. The highest BCUT2D eigenvalue weighted by Gasteiger charge is 2.24. The molecule has 6 heteroatoms. The zero-order valence-electron chi connectivity index (χ0n) is 9.47. The Balaban J connectivity index is 1.91. The Morgan fingerprint density at radius 2 is 2.41 bits per heavy atom. The molecule has 17 heavy (non-hydrogen) atoms. The molecule has 0 saturated carbocycles. The number of thiophene rings is 1. The van der Waals surface area contributed by atoms with Gasteiger partial charge in [-0.3, -0.25) is 0 Å². The summed E-state index contributed by atoms with van der Waals surface area (Å²) in [5.41, 5.74) is 7.73. The molecule has 0 aliphatic carbocycles. The zero-order chi connectivity index (χ0) is 11.8. The second-order valence-electron chi connectivity index (χ2n) is 4.18. The van der Waals surface area contributed by atoms with Crippen LogP contribution in [0, 0.1) is 6.92 Å². The van der Waals surface area contributed by atoms with E-state index in [0.29, 0.717) is 12.5 Å². The minimum absolute atomic E-state index is 0.259. The van der Waals surface area contributed by atoms with E-state index in [1.54, 1.807) is 0 Å². The van der Waals surface area contributed by atoms with Gasteiger partial charge in [0.25, 0.3) is 5.89 Å². The summed E-state index contributed by atoms with van der Waals surface area (Å²) in [5, 5.41) is 6.00. The average molecular weight is 251 g/mol. The summed E-state index contributed by atoms with van der Waals surface area (Å²) in [6.45, 7) is 3.42. The molecule has 1 fully saturated rings. The van der Waals surface area contributed by atoms with E-state index in [9.17, 15) is 0 Å². The van der Waals surface area contributed by atoms with Crippen LogP contribution in [-0.2, 0) is 4.74 Å². The van der Waals surface area contributed by atoms with Crippen molar-refractivity contribution in [2.24, 2.45) is 0 Å². The van der Waals surface area contributed by atoms with E-state index < -0.39 is 0 Å². The monoisotopic (exact) mass is 251 g/mol. The summed E-state index contributed by atoms with van der Waals surface area (Å²) >= 11 is 1.53. The van der Waals surface area contributed by atoms with Crippen molar-refractivity contribution in [3.63, 3.8) is 0 Å². The van der Waals surface area contributed by atoms with Crippen molar-refractivity contribution in [2.45, 2.75) is 19.3 Å². The van der Waals surface area contributed by atoms with E-state index in [4.69, 9.17) is 15.0 Å². The van der Waals surface area contributed by atoms with Crippen molar-refractivity contribution in [1.82, 2.24) is 10.1 Å². The lowest BCUT2D eigenvalue weighted by Gasteiger charge is -1.97. The van der Waals surface area contributed by atoms with Crippen molar-refractivity contribution in [1.29, 1.82) is 0 Å². The van der Waals surface area contributed by atoms with Gasteiger partial charge in [-0.05, 0) is 24.3 Å². The van der Waals surface area contributed by atoms with Gasteiger partial charge in [0.1, 0.15) is 4.88 Å². The largest absolute Gasteiger partial charge is 0.397 e. The standard InChI is InChI=1S/C11H13N3O2S/c1-6-5-17-9(8(6)12)11-13-10(14-16-11)7-2-3-15-4-7/h5,7H,2-4,12H2,1H3. The molecular weight excluding hydrogens is 238 g/mol. The van der Waals surface area contributed by atoms with Gasteiger partial charge < -0.3 is 15.0 Å². The molecule has 0 bridgehead atoms. The quantitative estimate of drug-likeness (QED) is 0.885. The Bertz CT molecular complexity index is 529. The molecular formula is C11H13N3O2S. The first kappa shape index (κ1) is 10.7. The van der Waals surface area contributed by atoms with E-state index in [-0.39, 0.29) is 5.92 Å². The van der Waals surface area contributed by atoms with Gasteiger partial charge in [-0.1, -0.05) is 5.16 Å². The highest BCUT2D eigenvalue weighted by molar-refractivity contribution is 7.14. The predicted molar refractivity (Wildman–Crippen MR) is 64.9 cm³/mol. The molecule has 1 atom stereocenters. The van der Waals surface area contributed by atoms with E-state index in [1.807, 2.05) is 12.3 Å². The number of nitrogens with zero attached hydrogens (tertiary/aromatic N) is 2. The maximum absolute atomic E-state index is 5.96. The number of anilines is 1. The summed E-state index contributed by atoms with van der Waals surface area (Å²) in [5.74, 6) is 1.50. The molecule has 2 N–H and O–H groups in total. The zero-order valence-corrected chi connectivity index (χ0v) is 10.3. The van der Waals surface area contributed by atoms with Crippen molar-refractivity contribution in [3.8, 4) is 10.8 Å². The molecule has 1 aliphatic heterocycles. The molecule has 0 spiro atoms. The van der Waals surface area contributed by atoms with Crippen LogP contribution in [0.3, 0.4) is 0 Å². The molecule has 1 saturated heterocycles. The van der Waals surface area contributed by atoms with Crippen LogP contribution in [0.15, 0.2) is 9.90 Å². The van der Waals surface area contributed by atoms with Crippen LogP contribution in [0.1, 0.15) is 23.7 Å². The Hall–Kier alpha value is -1.40. The lowest BCUT2D eigenvalue weighted by molar-refractivity contribution is 0.192. The molecule has 5 nitrogen and oxygen atoms in total. The molecule has 1 unspecified atom stereocenters. The highest BCUT2D eigenvalue weighted by Crippen LogP contribution is 2.34. The van der Waals surface area contributed by atoms with Crippen molar-refractivity contribution >= 4 is 17.0 Å². The van der Waals surface area contributed by atoms with Crippen LogP contribution >= 0.6 is 11.3 Å². The lowest BCUT2D eigenvalue weighted by atomic mass is 10.1. The molecule has 0 radical (unpaired) electrons. The smallest absolute Gasteiger partial charge is 0.270 e. The molecule has 90 valence electrons. The van der Waals surface area contributed by atoms with E-state index >= 15 is 0 Å². The minimum atomic E-state index is 0.259. The van der Waals surface area contributed by atoms with E-state index in [0.717, 1.165) is 35.0 Å². The van der Waals surface area contributed by atoms with Crippen molar-refractivity contribution in [2.75, 3.05) is 18.9 Å². The number of aromatic nitrogens is 2. The topological polar surface area (TPSA) is 74.2 Å². The summed E-state index contributed by atoms with van der Waals surface area (Å²) < 4.78 is 10.6. The second kappa shape index (κ2) is 4.12. The maximum atomic E-state index is 5.96. The van der Waals surface area contributed by atoms with Crippen LogP contribution < -0.4 is 5.73 Å². The van der Waals surface area contributed by atoms with Gasteiger partial charge in [0.05, 0.1) is 12.3 Å². The summed E-state index contributed by atoms with van der Waals surface area (Å²) in [7, 11) is 0. The fourth-order valence-corrected chi connectivity index (χ4v) is 2.74. The van der Waals surface area contributed by atoms with E-state index in [2.05, 4.69) is 10.1 Å². The van der Waals surface area contributed by atoms with Gasteiger partial charge in [0.2, 0.25) is 0 Å². The number of nitrogen functional groups attached to an aromatic ring is 1. The molecule has 1 aliphatic rings. The van der Waals surface area contributed by atoms with Gasteiger partial charge in [-0.2, -0.15) is 4.98 Å². The minimum Gasteiger partial charge on any atom is -0.397 e. The average Bonchev–Trinajstić information content (AvgIpc) is 3.01. The Morgan fingerprint density at radius 3 is 3.06 bits per heavy atom. The summed E-state index contributed by atoms with van der Waals surface area (Å²) in [4.78, 5) is 5.27. The highest BCUT2D eigenvalue weighted by atomic mass is 32.1. The van der Waals surface area contributed by atoms with Crippen LogP contribution in [0.4, 0.5) is 5.69 Å². The molecule has 0 amide bonds. The fourth-order valence-electron chi connectivity index (χ4n) is 1.85. The lowest BCUT2D eigenvalue weighted by Crippen LogP contribution is -1.99. The van der Waals surface area contributed by atoms with Crippen molar-refractivity contribution in [3.05, 3.63) is 16.8 Å². The van der Waals surface area contributed by atoms with Gasteiger partial charge in [0, 0.05) is 12.5 Å². The molecule has 3 heterocycles. The number of hydrogen-bond donors (Lipinski definition) is 1. The fraction of sp³-hybridized carbons (Fsp3) is 0.455. The first-order chi connectivity index (χ1) is 8.25. The number of rotatable bonds is 2. The molecule has 2 aromatic rings. The molecule has 3 rings (SSSR count). The molecule has 2 aromatic heterocycles. The van der Waals surface area contributed by atoms with Crippen LogP contribution in [0.25, 0.3) is 10.8 Å². The van der Waals surface area contributed by atoms with Gasteiger partial charge in [-0.15, -0.1) is 11.3 Å². The van der Waals surface area contributed by atoms with E-state index in [1.165, 1.54) is 11.3 Å².